The summed E-state index contributed by atoms with van der Waals surface area (Å²) in [5, 5.41) is 3.58. The summed E-state index contributed by atoms with van der Waals surface area (Å²) in [6, 6.07) is 10.4. The molecular formula is C17H24N4. The molecule has 1 atom stereocenters. The van der Waals surface area contributed by atoms with E-state index in [0.717, 1.165) is 5.82 Å². The van der Waals surface area contributed by atoms with Gasteiger partial charge in [0, 0.05) is 12.2 Å². The summed E-state index contributed by atoms with van der Waals surface area (Å²) in [5.41, 5.74) is 8.40. The highest BCUT2D eigenvalue weighted by Gasteiger charge is 2.27. The van der Waals surface area contributed by atoms with Crippen molar-refractivity contribution in [2.45, 2.75) is 40.3 Å². The van der Waals surface area contributed by atoms with Crippen molar-refractivity contribution in [1.29, 1.82) is 0 Å². The van der Waals surface area contributed by atoms with Crippen LogP contribution in [0.15, 0.2) is 36.5 Å². The summed E-state index contributed by atoms with van der Waals surface area (Å²) in [4.78, 5) is 8.50. The number of benzene rings is 1. The maximum Gasteiger partial charge on any atom is 0.144 e. The first kappa shape index (κ1) is 15.4. The molecule has 1 heterocycles. The summed E-state index contributed by atoms with van der Waals surface area (Å²) < 4.78 is 0. The fourth-order valence-electron chi connectivity index (χ4n) is 2.49. The van der Waals surface area contributed by atoms with Gasteiger partial charge in [0.05, 0.1) is 6.54 Å². The molecule has 0 saturated carbocycles. The number of nitrogens with two attached hydrogens (primary N) is 1. The minimum Gasteiger partial charge on any atom is -0.384 e. The van der Waals surface area contributed by atoms with E-state index in [2.05, 4.69) is 67.2 Å². The zero-order valence-electron chi connectivity index (χ0n) is 13.2. The molecule has 2 rings (SSSR count). The van der Waals surface area contributed by atoms with Gasteiger partial charge in [-0.2, -0.15) is 0 Å². The Hall–Kier alpha value is -1.94. The second-order valence-electron chi connectivity index (χ2n) is 6.43. The molecule has 1 aromatic carbocycles. The zero-order valence-corrected chi connectivity index (χ0v) is 13.2. The molecule has 21 heavy (non-hydrogen) atoms. The molecule has 4 nitrogen and oxygen atoms in total. The van der Waals surface area contributed by atoms with Crippen LogP contribution in [0, 0.1) is 12.3 Å². The molecule has 0 fully saturated rings. The second kappa shape index (κ2) is 6.22. The van der Waals surface area contributed by atoms with Gasteiger partial charge >= 0.3 is 0 Å². The van der Waals surface area contributed by atoms with Gasteiger partial charge in [-0.25, -0.2) is 9.97 Å². The fraction of sp³-hybridized carbons (Fsp3) is 0.412. The number of aryl methyl sites for hydroxylation is 1. The maximum absolute atomic E-state index is 5.71. The number of hydrogen-bond acceptors (Lipinski definition) is 4. The Morgan fingerprint density at radius 1 is 1.19 bits per heavy atom. The van der Waals surface area contributed by atoms with E-state index in [9.17, 15) is 0 Å². The SMILES string of the molecule is Cc1ccccc1C(NCc1nccc(N)n1)C(C)(C)C. The van der Waals surface area contributed by atoms with Crippen molar-refractivity contribution < 1.29 is 0 Å². The fourth-order valence-corrected chi connectivity index (χ4v) is 2.49. The third-order valence-corrected chi connectivity index (χ3v) is 3.56. The van der Waals surface area contributed by atoms with Gasteiger partial charge in [0.15, 0.2) is 0 Å². The van der Waals surface area contributed by atoms with E-state index in [-0.39, 0.29) is 11.5 Å². The average Bonchev–Trinajstić information content (AvgIpc) is 2.39. The van der Waals surface area contributed by atoms with Crippen LogP contribution in [0.4, 0.5) is 5.82 Å². The van der Waals surface area contributed by atoms with Crippen LogP contribution in [0.2, 0.25) is 0 Å². The lowest BCUT2D eigenvalue weighted by molar-refractivity contribution is 0.268. The summed E-state index contributed by atoms with van der Waals surface area (Å²) in [6.45, 7) is 9.44. The van der Waals surface area contributed by atoms with Crippen molar-refractivity contribution in [1.82, 2.24) is 15.3 Å². The second-order valence-corrected chi connectivity index (χ2v) is 6.43. The number of rotatable bonds is 4. The largest absolute Gasteiger partial charge is 0.384 e. The van der Waals surface area contributed by atoms with Gasteiger partial charge in [0.1, 0.15) is 11.6 Å². The lowest BCUT2D eigenvalue weighted by Crippen LogP contribution is -2.33. The van der Waals surface area contributed by atoms with Gasteiger partial charge in [-0.15, -0.1) is 0 Å². The summed E-state index contributed by atoms with van der Waals surface area (Å²) >= 11 is 0. The van der Waals surface area contributed by atoms with E-state index in [0.29, 0.717) is 12.4 Å². The number of anilines is 1. The van der Waals surface area contributed by atoms with Crippen LogP contribution in [0.25, 0.3) is 0 Å². The van der Waals surface area contributed by atoms with Crippen LogP contribution in [-0.2, 0) is 6.54 Å². The van der Waals surface area contributed by atoms with Crippen LogP contribution < -0.4 is 11.1 Å². The quantitative estimate of drug-likeness (QED) is 0.904. The first-order valence-electron chi connectivity index (χ1n) is 7.24. The zero-order chi connectivity index (χ0) is 15.5. The number of hydrogen-bond donors (Lipinski definition) is 2. The van der Waals surface area contributed by atoms with Crippen molar-refractivity contribution in [2.24, 2.45) is 5.41 Å². The molecule has 2 aromatic rings. The molecule has 0 aliphatic rings. The summed E-state index contributed by atoms with van der Waals surface area (Å²) in [6.07, 6.45) is 1.69. The molecule has 0 aliphatic carbocycles. The normalized spacial score (nSPS) is 13.1. The predicted molar refractivity (Wildman–Crippen MR) is 86.7 cm³/mol. The molecule has 0 amide bonds. The molecule has 112 valence electrons. The van der Waals surface area contributed by atoms with Crippen LogP contribution in [-0.4, -0.2) is 9.97 Å². The van der Waals surface area contributed by atoms with Crippen molar-refractivity contribution in [2.75, 3.05) is 5.73 Å². The molecule has 1 aromatic heterocycles. The van der Waals surface area contributed by atoms with Gasteiger partial charge in [-0.1, -0.05) is 45.0 Å². The first-order chi connectivity index (χ1) is 9.88. The lowest BCUT2D eigenvalue weighted by Gasteiger charge is -2.33. The third kappa shape index (κ3) is 4.02. The highest BCUT2D eigenvalue weighted by Crippen LogP contribution is 2.34. The Kier molecular flexibility index (Phi) is 4.58. The molecule has 4 heteroatoms. The molecule has 0 spiro atoms. The Morgan fingerprint density at radius 2 is 1.90 bits per heavy atom. The molecule has 0 radical (unpaired) electrons. The molecule has 0 bridgehead atoms. The molecule has 0 saturated heterocycles. The highest BCUT2D eigenvalue weighted by molar-refractivity contribution is 5.30. The van der Waals surface area contributed by atoms with E-state index in [4.69, 9.17) is 5.73 Å². The topological polar surface area (TPSA) is 63.8 Å². The molecule has 3 N–H and O–H groups in total. The Morgan fingerprint density at radius 3 is 2.52 bits per heavy atom. The standard InChI is InChI=1S/C17H24N4/c1-12-7-5-6-8-13(12)16(17(2,3)4)20-11-15-19-10-9-14(18)21-15/h5-10,16,20H,11H2,1-4H3,(H2,18,19,21). The predicted octanol–water partition coefficient (Wildman–Crippen LogP) is 3.24. The smallest absolute Gasteiger partial charge is 0.144 e. The number of nitrogens with one attached hydrogen (secondary N) is 1. The van der Waals surface area contributed by atoms with E-state index >= 15 is 0 Å². The lowest BCUT2D eigenvalue weighted by atomic mass is 9.81. The van der Waals surface area contributed by atoms with Gasteiger partial charge in [0.25, 0.3) is 0 Å². The number of nitrogen functional groups attached to an aromatic ring is 1. The van der Waals surface area contributed by atoms with Crippen molar-refractivity contribution >= 4 is 5.82 Å². The minimum atomic E-state index is 0.0897. The Labute approximate surface area is 126 Å². The van der Waals surface area contributed by atoms with Crippen LogP contribution >= 0.6 is 0 Å². The highest BCUT2D eigenvalue weighted by atomic mass is 15.0. The molecule has 1 unspecified atom stereocenters. The van der Waals surface area contributed by atoms with Crippen LogP contribution in [0.3, 0.4) is 0 Å². The third-order valence-electron chi connectivity index (χ3n) is 3.56. The van der Waals surface area contributed by atoms with Gasteiger partial charge < -0.3 is 11.1 Å². The van der Waals surface area contributed by atoms with Gasteiger partial charge in [0.2, 0.25) is 0 Å². The Bertz CT molecular complexity index is 602. The maximum atomic E-state index is 5.71. The summed E-state index contributed by atoms with van der Waals surface area (Å²) in [5.74, 6) is 1.22. The first-order valence-corrected chi connectivity index (χ1v) is 7.24. The van der Waals surface area contributed by atoms with E-state index < -0.39 is 0 Å². The van der Waals surface area contributed by atoms with E-state index in [1.165, 1.54) is 11.1 Å². The Balaban J connectivity index is 2.21. The summed E-state index contributed by atoms with van der Waals surface area (Å²) in [7, 11) is 0. The van der Waals surface area contributed by atoms with Crippen molar-refractivity contribution in [3.63, 3.8) is 0 Å². The van der Waals surface area contributed by atoms with Gasteiger partial charge in [-0.3, -0.25) is 0 Å². The van der Waals surface area contributed by atoms with E-state index in [1.54, 1.807) is 12.3 Å². The van der Waals surface area contributed by atoms with Crippen LogP contribution in [0.1, 0.15) is 43.8 Å². The molecule has 0 aliphatic heterocycles. The van der Waals surface area contributed by atoms with Crippen molar-refractivity contribution in [3.8, 4) is 0 Å². The monoisotopic (exact) mass is 284 g/mol. The minimum absolute atomic E-state index is 0.0897. The number of nitrogens with zero attached hydrogens (tertiary/aromatic N) is 2. The van der Waals surface area contributed by atoms with Gasteiger partial charge in [-0.05, 0) is 29.5 Å². The average molecular weight is 284 g/mol. The van der Waals surface area contributed by atoms with Crippen LogP contribution in [0.5, 0.6) is 0 Å². The van der Waals surface area contributed by atoms with E-state index in [1.807, 2.05) is 0 Å². The molecular weight excluding hydrogens is 260 g/mol. The van der Waals surface area contributed by atoms with Crippen molar-refractivity contribution in [3.05, 3.63) is 53.5 Å². The number of aromatic nitrogens is 2.